The molecule has 1 fully saturated rings. The van der Waals surface area contributed by atoms with Crippen LogP contribution in [0.3, 0.4) is 0 Å². The molecule has 0 atom stereocenters. The Morgan fingerprint density at radius 2 is 1.62 bits per heavy atom. The van der Waals surface area contributed by atoms with Gasteiger partial charge in [0, 0.05) is 31.2 Å². The maximum atomic E-state index is 13.1. The highest BCUT2D eigenvalue weighted by Gasteiger charge is 2.28. The number of aromatic hydroxyl groups is 1. The SMILES string of the molecule is CN1CCN(C(=O)c2ccccc2-n2cc(O)n(S(=O)(=O)c3ccc(Cl)cc3)c2=O)CC1. The van der Waals surface area contributed by atoms with E-state index in [1.54, 1.807) is 23.1 Å². The Morgan fingerprint density at radius 3 is 2.28 bits per heavy atom. The number of amides is 1. The molecule has 0 radical (unpaired) electrons. The molecule has 3 aromatic rings. The molecule has 0 spiro atoms. The van der Waals surface area contributed by atoms with E-state index in [0.717, 1.165) is 23.9 Å². The Balaban J connectivity index is 1.78. The van der Waals surface area contributed by atoms with E-state index in [4.69, 9.17) is 11.6 Å². The van der Waals surface area contributed by atoms with Gasteiger partial charge in [0.2, 0.25) is 5.88 Å². The molecule has 0 aliphatic carbocycles. The maximum absolute atomic E-state index is 13.1. The number of para-hydroxylation sites is 1. The number of nitrogens with zero attached hydrogens (tertiary/aromatic N) is 4. The van der Waals surface area contributed by atoms with Gasteiger partial charge in [-0.15, -0.1) is 3.97 Å². The van der Waals surface area contributed by atoms with Crippen molar-refractivity contribution in [1.29, 1.82) is 0 Å². The first-order valence-corrected chi connectivity index (χ1v) is 11.6. The molecule has 32 heavy (non-hydrogen) atoms. The third kappa shape index (κ3) is 3.92. The molecule has 0 bridgehead atoms. The number of piperazine rings is 1. The van der Waals surface area contributed by atoms with Crippen molar-refractivity contribution in [2.24, 2.45) is 0 Å². The smallest absolute Gasteiger partial charge is 0.350 e. The van der Waals surface area contributed by atoms with Gasteiger partial charge in [0.25, 0.3) is 15.9 Å². The summed E-state index contributed by atoms with van der Waals surface area (Å²) in [6.45, 7) is 2.53. The largest absolute Gasteiger partial charge is 0.493 e. The summed E-state index contributed by atoms with van der Waals surface area (Å²) in [5.41, 5.74) is -0.599. The van der Waals surface area contributed by atoms with Crippen molar-refractivity contribution in [3.63, 3.8) is 0 Å². The zero-order valence-electron chi connectivity index (χ0n) is 17.2. The number of imidazole rings is 1. The van der Waals surface area contributed by atoms with Crippen molar-refractivity contribution >= 4 is 27.5 Å². The Bertz CT molecular complexity index is 1320. The third-order valence-corrected chi connectivity index (χ3v) is 7.31. The summed E-state index contributed by atoms with van der Waals surface area (Å²) in [6, 6.07) is 11.6. The van der Waals surface area contributed by atoms with Crippen molar-refractivity contribution < 1.29 is 18.3 Å². The molecule has 1 aliphatic heterocycles. The van der Waals surface area contributed by atoms with Crippen LogP contribution in [0.5, 0.6) is 5.88 Å². The van der Waals surface area contributed by atoms with Gasteiger partial charge in [-0.3, -0.25) is 9.36 Å². The quantitative estimate of drug-likeness (QED) is 0.613. The van der Waals surface area contributed by atoms with Crippen LogP contribution in [-0.4, -0.2) is 71.0 Å². The Kier molecular flexibility index (Phi) is 5.85. The zero-order chi connectivity index (χ0) is 23.0. The fraction of sp³-hybridized carbons (Fsp3) is 0.238. The van der Waals surface area contributed by atoms with Crippen molar-refractivity contribution in [2.75, 3.05) is 33.2 Å². The Morgan fingerprint density at radius 1 is 1.00 bits per heavy atom. The summed E-state index contributed by atoms with van der Waals surface area (Å²) in [6.07, 6.45) is 0.992. The molecule has 9 nitrogen and oxygen atoms in total. The summed E-state index contributed by atoms with van der Waals surface area (Å²) >= 11 is 5.82. The lowest BCUT2D eigenvalue weighted by Gasteiger charge is -2.32. The summed E-state index contributed by atoms with van der Waals surface area (Å²) in [5, 5.41) is 10.7. The normalized spacial score (nSPS) is 15.1. The van der Waals surface area contributed by atoms with Gasteiger partial charge < -0.3 is 14.9 Å². The summed E-state index contributed by atoms with van der Waals surface area (Å²) in [7, 11) is -2.42. The van der Waals surface area contributed by atoms with E-state index in [1.807, 2.05) is 7.05 Å². The van der Waals surface area contributed by atoms with Crippen molar-refractivity contribution in [3.8, 4) is 11.6 Å². The van der Waals surface area contributed by atoms with Crippen LogP contribution >= 0.6 is 11.6 Å². The molecule has 11 heteroatoms. The summed E-state index contributed by atoms with van der Waals surface area (Å²) in [5.74, 6) is -1.04. The molecule has 0 unspecified atom stereocenters. The fourth-order valence-electron chi connectivity index (χ4n) is 3.57. The summed E-state index contributed by atoms with van der Waals surface area (Å²) in [4.78, 5) is 29.8. The highest BCUT2D eigenvalue weighted by molar-refractivity contribution is 7.90. The number of carbonyl (C=O) groups excluding carboxylic acids is 1. The van der Waals surface area contributed by atoms with Gasteiger partial charge in [-0.2, -0.15) is 0 Å². The molecule has 2 aromatic carbocycles. The molecule has 1 aromatic heterocycles. The number of halogens is 1. The number of hydrogen-bond acceptors (Lipinski definition) is 6. The molecule has 0 saturated carbocycles. The number of likely N-dealkylation sites (N-methyl/N-ethyl adjacent to an activating group) is 1. The minimum atomic E-state index is -4.39. The molecule has 4 rings (SSSR count). The molecule has 1 amide bonds. The van der Waals surface area contributed by atoms with Crippen LogP contribution in [0.4, 0.5) is 0 Å². The fourth-order valence-corrected chi connectivity index (χ4v) is 4.98. The minimum Gasteiger partial charge on any atom is -0.493 e. The van der Waals surface area contributed by atoms with Crippen molar-refractivity contribution in [3.05, 3.63) is 75.8 Å². The first-order valence-electron chi connectivity index (χ1n) is 9.82. The molecule has 2 heterocycles. The number of carbonyl (C=O) groups is 1. The minimum absolute atomic E-state index is 0.182. The van der Waals surface area contributed by atoms with Crippen molar-refractivity contribution in [2.45, 2.75) is 4.90 Å². The molecular formula is C21H21ClN4O5S. The van der Waals surface area contributed by atoms with Crippen LogP contribution in [0.15, 0.2) is 64.4 Å². The third-order valence-electron chi connectivity index (χ3n) is 5.37. The van der Waals surface area contributed by atoms with Crippen LogP contribution in [0.25, 0.3) is 5.69 Å². The first-order chi connectivity index (χ1) is 15.2. The van der Waals surface area contributed by atoms with Gasteiger partial charge in [0.15, 0.2) is 0 Å². The highest BCUT2D eigenvalue weighted by atomic mass is 35.5. The van der Waals surface area contributed by atoms with E-state index < -0.39 is 21.6 Å². The second kappa shape index (κ2) is 8.45. The zero-order valence-corrected chi connectivity index (χ0v) is 18.8. The summed E-state index contributed by atoms with van der Waals surface area (Å²) < 4.78 is 27.3. The van der Waals surface area contributed by atoms with Gasteiger partial charge in [-0.05, 0) is 43.4 Å². The Labute approximate surface area is 189 Å². The first kappa shape index (κ1) is 22.1. The average Bonchev–Trinajstić information content (AvgIpc) is 3.08. The lowest BCUT2D eigenvalue weighted by Crippen LogP contribution is -2.47. The highest BCUT2D eigenvalue weighted by Crippen LogP contribution is 2.23. The number of benzene rings is 2. The van der Waals surface area contributed by atoms with Gasteiger partial charge in [-0.1, -0.05) is 23.7 Å². The second-order valence-corrected chi connectivity index (χ2v) is 9.70. The van der Waals surface area contributed by atoms with Crippen LogP contribution in [-0.2, 0) is 10.0 Å². The van der Waals surface area contributed by atoms with Crippen LogP contribution < -0.4 is 5.69 Å². The average molecular weight is 477 g/mol. The lowest BCUT2D eigenvalue weighted by atomic mass is 10.1. The predicted molar refractivity (Wildman–Crippen MR) is 119 cm³/mol. The van der Waals surface area contributed by atoms with Gasteiger partial charge >= 0.3 is 5.69 Å². The molecule has 1 aliphatic rings. The van der Waals surface area contributed by atoms with Crippen LogP contribution in [0.1, 0.15) is 10.4 Å². The second-order valence-electron chi connectivity index (χ2n) is 7.48. The predicted octanol–water partition coefficient (Wildman–Crippen LogP) is 1.62. The lowest BCUT2D eigenvalue weighted by molar-refractivity contribution is 0.0664. The Hall–Kier alpha value is -3.08. The van der Waals surface area contributed by atoms with Crippen LogP contribution in [0.2, 0.25) is 5.02 Å². The van der Waals surface area contributed by atoms with Gasteiger partial charge in [-0.25, -0.2) is 13.2 Å². The molecular weight excluding hydrogens is 456 g/mol. The van der Waals surface area contributed by atoms with Crippen molar-refractivity contribution in [1.82, 2.24) is 18.3 Å². The maximum Gasteiger partial charge on any atom is 0.350 e. The van der Waals surface area contributed by atoms with E-state index in [0.29, 0.717) is 22.1 Å². The number of aromatic nitrogens is 2. The van der Waals surface area contributed by atoms with E-state index in [1.165, 1.54) is 30.3 Å². The van der Waals surface area contributed by atoms with E-state index >= 15 is 0 Å². The van der Waals surface area contributed by atoms with Gasteiger partial charge in [0.05, 0.1) is 22.3 Å². The topological polar surface area (TPSA) is 105 Å². The van der Waals surface area contributed by atoms with E-state index in [2.05, 4.69) is 4.90 Å². The molecule has 1 N–H and O–H groups in total. The monoisotopic (exact) mass is 476 g/mol. The van der Waals surface area contributed by atoms with Gasteiger partial charge in [0.1, 0.15) is 0 Å². The number of hydrogen-bond donors (Lipinski definition) is 1. The molecule has 168 valence electrons. The van der Waals surface area contributed by atoms with E-state index in [9.17, 15) is 23.1 Å². The van der Waals surface area contributed by atoms with Crippen LogP contribution in [0, 0.1) is 0 Å². The number of rotatable bonds is 4. The molecule has 1 saturated heterocycles. The van der Waals surface area contributed by atoms with E-state index in [-0.39, 0.29) is 22.1 Å². The standard InChI is InChI=1S/C21H21ClN4O5S/c1-23-10-12-24(13-11-23)20(28)17-4-2-3-5-18(17)25-14-19(27)26(21(25)29)32(30,31)16-8-6-15(22)7-9-16/h2-9,14,27H,10-13H2,1H3.